The van der Waals surface area contributed by atoms with Crippen LogP contribution < -0.4 is 5.32 Å². The Balaban J connectivity index is 2.00. The van der Waals surface area contributed by atoms with Crippen LogP contribution in [0.5, 0.6) is 0 Å². The summed E-state index contributed by atoms with van der Waals surface area (Å²) in [5.41, 5.74) is -3.21. The average Bonchev–Trinajstić information content (AvgIpc) is 3.02. The van der Waals surface area contributed by atoms with Gasteiger partial charge in [0, 0.05) is 57.6 Å². The SMILES string of the molecule is CN(Cc1ccc(F)cc1F)C(=O)NCCC(O)(c1nccn1C)C(F)(F)F. The highest BCUT2D eigenvalue weighted by atomic mass is 19.4. The molecule has 28 heavy (non-hydrogen) atoms. The molecular formula is C17H19F5N4O2. The van der Waals surface area contributed by atoms with Crippen LogP contribution in [0.2, 0.25) is 0 Å². The highest BCUT2D eigenvalue weighted by molar-refractivity contribution is 5.73. The first-order valence-electron chi connectivity index (χ1n) is 8.15. The van der Waals surface area contributed by atoms with Crippen molar-refractivity contribution in [2.75, 3.05) is 13.6 Å². The molecule has 2 rings (SSSR count). The highest BCUT2D eigenvalue weighted by Crippen LogP contribution is 2.40. The Morgan fingerprint density at radius 1 is 1.32 bits per heavy atom. The summed E-state index contributed by atoms with van der Waals surface area (Å²) >= 11 is 0. The second-order valence-corrected chi connectivity index (χ2v) is 6.29. The van der Waals surface area contributed by atoms with E-state index in [-0.39, 0.29) is 12.1 Å². The van der Waals surface area contributed by atoms with Crippen molar-refractivity contribution in [2.45, 2.75) is 24.7 Å². The van der Waals surface area contributed by atoms with E-state index < -0.39 is 48.2 Å². The fourth-order valence-electron chi connectivity index (χ4n) is 2.61. The Morgan fingerprint density at radius 3 is 2.54 bits per heavy atom. The zero-order chi connectivity index (χ0) is 21.1. The van der Waals surface area contributed by atoms with E-state index in [1.54, 1.807) is 0 Å². The Labute approximate surface area is 157 Å². The van der Waals surface area contributed by atoms with Crippen LogP contribution in [-0.4, -0.2) is 45.4 Å². The van der Waals surface area contributed by atoms with E-state index in [2.05, 4.69) is 10.3 Å². The number of benzene rings is 1. The molecule has 6 nitrogen and oxygen atoms in total. The quantitative estimate of drug-likeness (QED) is 0.725. The number of aromatic nitrogens is 2. The second kappa shape index (κ2) is 8.13. The van der Waals surface area contributed by atoms with E-state index in [9.17, 15) is 31.9 Å². The fourth-order valence-corrected chi connectivity index (χ4v) is 2.61. The molecule has 0 aliphatic rings. The molecule has 0 spiro atoms. The molecular weight excluding hydrogens is 387 g/mol. The lowest BCUT2D eigenvalue weighted by Crippen LogP contribution is -2.47. The number of nitrogens with one attached hydrogen (secondary N) is 1. The van der Waals surface area contributed by atoms with E-state index in [0.717, 1.165) is 27.8 Å². The van der Waals surface area contributed by atoms with Crippen molar-refractivity contribution >= 4 is 6.03 Å². The summed E-state index contributed by atoms with van der Waals surface area (Å²) in [5, 5.41) is 12.4. The minimum absolute atomic E-state index is 0.0406. The summed E-state index contributed by atoms with van der Waals surface area (Å²) in [5.74, 6) is -2.22. The molecule has 2 N–H and O–H groups in total. The zero-order valence-corrected chi connectivity index (χ0v) is 15.1. The summed E-state index contributed by atoms with van der Waals surface area (Å²) in [4.78, 5) is 16.6. The molecule has 2 aromatic rings. The van der Waals surface area contributed by atoms with Gasteiger partial charge in [0.25, 0.3) is 0 Å². The van der Waals surface area contributed by atoms with Crippen molar-refractivity contribution in [3.63, 3.8) is 0 Å². The molecule has 2 amide bonds. The highest BCUT2D eigenvalue weighted by Gasteiger charge is 2.57. The molecule has 1 aromatic heterocycles. The molecule has 11 heteroatoms. The third-order valence-corrected chi connectivity index (χ3v) is 4.19. The van der Waals surface area contributed by atoms with Crippen molar-refractivity contribution in [3.05, 3.63) is 53.6 Å². The number of hydrogen-bond acceptors (Lipinski definition) is 3. The van der Waals surface area contributed by atoms with Gasteiger partial charge in [-0.15, -0.1) is 0 Å². The Kier molecular flexibility index (Phi) is 6.27. The first-order chi connectivity index (χ1) is 13.0. The van der Waals surface area contributed by atoms with Gasteiger partial charge in [0.15, 0.2) is 0 Å². The minimum Gasteiger partial charge on any atom is -0.374 e. The molecule has 0 saturated heterocycles. The van der Waals surface area contributed by atoms with Gasteiger partial charge in [0.2, 0.25) is 5.60 Å². The molecule has 1 aromatic carbocycles. The molecule has 0 fully saturated rings. The second-order valence-electron chi connectivity index (χ2n) is 6.29. The summed E-state index contributed by atoms with van der Waals surface area (Å²) in [6.07, 6.45) is -3.50. The number of imidazole rings is 1. The van der Waals surface area contributed by atoms with Crippen LogP contribution in [0.4, 0.5) is 26.7 Å². The van der Waals surface area contributed by atoms with Crippen molar-refractivity contribution < 1.29 is 31.9 Å². The van der Waals surface area contributed by atoms with E-state index in [0.29, 0.717) is 6.07 Å². The lowest BCUT2D eigenvalue weighted by molar-refractivity contribution is -0.272. The number of halogens is 5. The van der Waals surface area contributed by atoms with Gasteiger partial charge in [-0.2, -0.15) is 13.2 Å². The maximum Gasteiger partial charge on any atom is 0.424 e. The maximum absolute atomic E-state index is 13.6. The Bertz CT molecular complexity index is 839. The molecule has 154 valence electrons. The number of nitrogens with zero attached hydrogens (tertiary/aromatic N) is 3. The number of rotatable bonds is 6. The molecule has 0 bridgehead atoms. The van der Waals surface area contributed by atoms with Crippen LogP contribution in [-0.2, 0) is 19.2 Å². The van der Waals surface area contributed by atoms with E-state index in [1.165, 1.54) is 20.3 Å². The van der Waals surface area contributed by atoms with Crippen LogP contribution in [0, 0.1) is 11.6 Å². The van der Waals surface area contributed by atoms with Crippen molar-refractivity contribution in [1.82, 2.24) is 19.8 Å². The lowest BCUT2D eigenvalue weighted by Gasteiger charge is -2.30. The number of alkyl halides is 3. The molecule has 0 aliphatic carbocycles. The predicted molar refractivity (Wildman–Crippen MR) is 89.0 cm³/mol. The first kappa shape index (κ1) is 21.6. The molecule has 0 aliphatic heterocycles. The van der Waals surface area contributed by atoms with Crippen LogP contribution in [0.1, 0.15) is 17.8 Å². The van der Waals surface area contributed by atoms with Gasteiger partial charge in [-0.1, -0.05) is 6.07 Å². The smallest absolute Gasteiger partial charge is 0.374 e. The van der Waals surface area contributed by atoms with Gasteiger partial charge in [0.1, 0.15) is 17.5 Å². The molecule has 1 unspecified atom stereocenters. The third-order valence-electron chi connectivity index (χ3n) is 4.19. The Morgan fingerprint density at radius 2 is 2.00 bits per heavy atom. The zero-order valence-electron chi connectivity index (χ0n) is 15.1. The van der Waals surface area contributed by atoms with Crippen molar-refractivity contribution in [2.24, 2.45) is 7.05 Å². The molecule has 0 saturated carbocycles. The van der Waals surface area contributed by atoms with Crippen LogP contribution >= 0.6 is 0 Å². The molecule has 0 radical (unpaired) electrons. The summed E-state index contributed by atoms with van der Waals surface area (Å²) in [6.45, 7) is -0.737. The van der Waals surface area contributed by atoms with Gasteiger partial charge < -0.3 is 19.9 Å². The molecule has 1 atom stereocenters. The number of carbonyl (C=O) groups is 1. The number of hydrogen-bond donors (Lipinski definition) is 2. The summed E-state index contributed by atoms with van der Waals surface area (Å²) in [6, 6.07) is 2.07. The number of aryl methyl sites for hydroxylation is 1. The monoisotopic (exact) mass is 406 g/mol. The standard InChI is InChI=1S/C17H19F5N4O2/c1-25-8-7-23-14(25)16(28,17(20,21)22)5-6-24-15(27)26(2)10-11-3-4-12(18)9-13(11)19/h3-4,7-9,28H,5-6,10H2,1-2H3,(H,24,27). The maximum atomic E-state index is 13.6. The molecule has 1 heterocycles. The number of urea groups is 1. The topological polar surface area (TPSA) is 70.4 Å². The van der Waals surface area contributed by atoms with Crippen molar-refractivity contribution in [3.8, 4) is 0 Å². The number of aliphatic hydroxyl groups is 1. The predicted octanol–water partition coefficient (Wildman–Crippen LogP) is 2.68. The van der Waals surface area contributed by atoms with E-state index in [4.69, 9.17) is 0 Å². The Hall–Kier alpha value is -2.69. The van der Waals surface area contributed by atoms with Gasteiger partial charge in [-0.05, 0) is 6.07 Å². The summed E-state index contributed by atoms with van der Waals surface area (Å²) < 4.78 is 67.8. The van der Waals surface area contributed by atoms with Crippen molar-refractivity contribution in [1.29, 1.82) is 0 Å². The normalized spacial score (nSPS) is 13.9. The van der Waals surface area contributed by atoms with Gasteiger partial charge in [-0.3, -0.25) is 0 Å². The van der Waals surface area contributed by atoms with Gasteiger partial charge >= 0.3 is 12.2 Å². The largest absolute Gasteiger partial charge is 0.424 e. The van der Waals surface area contributed by atoms with Crippen LogP contribution in [0.15, 0.2) is 30.6 Å². The first-order valence-corrected chi connectivity index (χ1v) is 8.15. The number of amides is 2. The minimum atomic E-state index is -5.01. The van der Waals surface area contributed by atoms with Crippen LogP contribution in [0.25, 0.3) is 0 Å². The lowest BCUT2D eigenvalue weighted by atomic mass is 9.97. The number of carbonyl (C=O) groups excluding carboxylic acids is 1. The summed E-state index contributed by atoms with van der Waals surface area (Å²) in [7, 11) is 2.61. The average molecular weight is 406 g/mol. The van der Waals surface area contributed by atoms with Crippen LogP contribution in [0.3, 0.4) is 0 Å². The third kappa shape index (κ3) is 4.58. The van der Waals surface area contributed by atoms with E-state index in [1.807, 2.05) is 0 Å². The van der Waals surface area contributed by atoms with Gasteiger partial charge in [-0.25, -0.2) is 18.6 Å². The fraction of sp³-hybridized carbons (Fsp3) is 0.412. The van der Waals surface area contributed by atoms with Gasteiger partial charge in [0.05, 0.1) is 0 Å². The van der Waals surface area contributed by atoms with E-state index >= 15 is 0 Å².